The molecule has 0 spiro atoms. The molecule has 86 valence electrons. The van der Waals surface area contributed by atoms with Crippen LogP contribution < -0.4 is 5.32 Å². The third kappa shape index (κ3) is 5.20. The van der Waals surface area contributed by atoms with E-state index in [2.05, 4.69) is 5.32 Å². The first-order chi connectivity index (χ1) is 7.20. The number of rotatable bonds is 7. The van der Waals surface area contributed by atoms with Crippen LogP contribution in [0.5, 0.6) is 0 Å². The Labute approximate surface area is 92.3 Å². The van der Waals surface area contributed by atoms with Crippen LogP contribution in [0.15, 0.2) is 17.5 Å². The van der Waals surface area contributed by atoms with E-state index in [0.717, 1.165) is 0 Å². The minimum absolute atomic E-state index is 0.250. The summed E-state index contributed by atoms with van der Waals surface area (Å²) in [5, 5.41) is 5.21. The standard InChI is InChI=1S/C10H15F2NOS/c1-8(9-3-2-6-15-9)13-4-5-14-7-10(11)12/h2-3,6,8,10,13H,4-5,7H2,1H3. The molecule has 0 aromatic carbocycles. The van der Waals surface area contributed by atoms with E-state index in [-0.39, 0.29) is 6.04 Å². The van der Waals surface area contributed by atoms with E-state index in [9.17, 15) is 8.78 Å². The second-order valence-electron chi connectivity index (χ2n) is 3.16. The third-order valence-corrected chi connectivity index (χ3v) is 2.97. The third-order valence-electron chi connectivity index (χ3n) is 1.91. The molecule has 15 heavy (non-hydrogen) atoms. The fourth-order valence-corrected chi connectivity index (χ4v) is 1.92. The maximum absolute atomic E-state index is 11.7. The number of alkyl halides is 2. The van der Waals surface area contributed by atoms with Crippen molar-refractivity contribution in [1.29, 1.82) is 0 Å². The van der Waals surface area contributed by atoms with Gasteiger partial charge in [-0.15, -0.1) is 11.3 Å². The van der Waals surface area contributed by atoms with Crippen molar-refractivity contribution in [2.45, 2.75) is 19.4 Å². The molecule has 2 nitrogen and oxygen atoms in total. The molecule has 0 saturated heterocycles. The molecule has 1 atom stereocenters. The van der Waals surface area contributed by atoms with Crippen molar-refractivity contribution in [1.82, 2.24) is 5.32 Å². The van der Waals surface area contributed by atoms with E-state index in [4.69, 9.17) is 4.74 Å². The summed E-state index contributed by atoms with van der Waals surface area (Å²) in [6.07, 6.45) is -2.38. The number of nitrogens with one attached hydrogen (secondary N) is 1. The Morgan fingerprint density at radius 3 is 2.93 bits per heavy atom. The molecule has 1 heterocycles. The zero-order valence-electron chi connectivity index (χ0n) is 8.58. The number of ether oxygens (including phenoxy) is 1. The average Bonchev–Trinajstić information content (AvgIpc) is 2.69. The van der Waals surface area contributed by atoms with Crippen molar-refractivity contribution in [3.63, 3.8) is 0 Å². The molecule has 1 aromatic heterocycles. The van der Waals surface area contributed by atoms with Crippen LogP contribution in [0.4, 0.5) is 8.78 Å². The molecule has 1 N–H and O–H groups in total. The molecule has 0 amide bonds. The first-order valence-corrected chi connectivity index (χ1v) is 5.71. The summed E-state index contributed by atoms with van der Waals surface area (Å²) in [5.41, 5.74) is 0. The molecule has 5 heteroatoms. The Balaban J connectivity index is 2.05. The second kappa shape index (κ2) is 6.87. The summed E-state index contributed by atoms with van der Waals surface area (Å²) in [6.45, 7) is 2.47. The van der Waals surface area contributed by atoms with Gasteiger partial charge >= 0.3 is 0 Å². The van der Waals surface area contributed by atoms with Gasteiger partial charge in [-0.3, -0.25) is 0 Å². The molecular weight excluding hydrogens is 220 g/mol. The highest BCUT2D eigenvalue weighted by molar-refractivity contribution is 7.10. The smallest absolute Gasteiger partial charge is 0.261 e. The lowest BCUT2D eigenvalue weighted by Crippen LogP contribution is -2.23. The molecule has 0 aliphatic heterocycles. The van der Waals surface area contributed by atoms with Gasteiger partial charge in [-0.05, 0) is 18.4 Å². The maximum atomic E-state index is 11.7. The van der Waals surface area contributed by atoms with Gasteiger partial charge in [0, 0.05) is 17.5 Å². The summed E-state index contributed by atoms with van der Waals surface area (Å²) in [7, 11) is 0. The molecule has 0 fully saturated rings. The lowest BCUT2D eigenvalue weighted by atomic mass is 10.3. The van der Waals surface area contributed by atoms with E-state index in [1.807, 2.05) is 24.4 Å². The highest BCUT2D eigenvalue weighted by Gasteiger charge is 2.05. The van der Waals surface area contributed by atoms with Crippen LogP contribution >= 0.6 is 11.3 Å². The molecule has 1 unspecified atom stereocenters. The first-order valence-electron chi connectivity index (χ1n) is 4.83. The normalized spacial score (nSPS) is 13.3. The van der Waals surface area contributed by atoms with Crippen molar-refractivity contribution in [3.05, 3.63) is 22.4 Å². The van der Waals surface area contributed by atoms with Crippen LogP contribution in [-0.2, 0) is 4.74 Å². The lowest BCUT2D eigenvalue weighted by Gasteiger charge is -2.11. The number of thiophene rings is 1. The molecule has 0 radical (unpaired) electrons. The van der Waals surface area contributed by atoms with E-state index in [1.54, 1.807) is 11.3 Å². The van der Waals surface area contributed by atoms with Crippen LogP contribution in [-0.4, -0.2) is 26.2 Å². The van der Waals surface area contributed by atoms with Gasteiger partial charge in [0.25, 0.3) is 6.43 Å². The van der Waals surface area contributed by atoms with Crippen LogP contribution in [0.3, 0.4) is 0 Å². The molecule has 1 aromatic rings. The van der Waals surface area contributed by atoms with E-state index in [1.165, 1.54) is 4.88 Å². The summed E-state index contributed by atoms with van der Waals surface area (Å²) >= 11 is 1.68. The number of hydrogen-bond donors (Lipinski definition) is 1. The van der Waals surface area contributed by atoms with Gasteiger partial charge in [0.2, 0.25) is 0 Å². The number of hydrogen-bond acceptors (Lipinski definition) is 3. The Kier molecular flexibility index (Phi) is 5.75. The van der Waals surface area contributed by atoms with Crippen LogP contribution in [0, 0.1) is 0 Å². The molecule has 0 bridgehead atoms. The summed E-state index contributed by atoms with van der Waals surface area (Å²) < 4.78 is 28.2. The second-order valence-corrected chi connectivity index (χ2v) is 4.14. The first kappa shape index (κ1) is 12.5. The highest BCUT2D eigenvalue weighted by Crippen LogP contribution is 2.17. The predicted molar refractivity (Wildman–Crippen MR) is 57.6 cm³/mol. The molecule has 0 aliphatic rings. The quantitative estimate of drug-likeness (QED) is 0.734. The van der Waals surface area contributed by atoms with Gasteiger partial charge in [0.15, 0.2) is 0 Å². The van der Waals surface area contributed by atoms with Crippen molar-refractivity contribution in [2.75, 3.05) is 19.8 Å². The van der Waals surface area contributed by atoms with Gasteiger partial charge in [0.1, 0.15) is 6.61 Å². The van der Waals surface area contributed by atoms with Gasteiger partial charge in [-0.1, -0.05) is 6.07 Å². The fourth-order valence-electron chi connectivity index (χ4n) is 1.16. The molecule has 1 rings (SSSR count). The Bertz CT molecular complexity index is 254. The average molecular weight is 235 g/mol. The topological polar surface area (TPSA) is 21.3 Å². The minimum Gasteiger partial charge on any atom is -0.374 e. The summed E-state index contributed by atoms with van der Waals surface area (Å²) in [5.74, 6) is 0. The van der Waals surface area contributed by atoms with E-state index < -0.39 is 13.0 Å². The molecule has 0 aliphatic carbocycles. The molecular formula is C10H15F2NOS. The van der Waals surface area contributed by atoms with Crippen LogP contribution in [0.2, 0.25) is 0 Å². The van der Waals surface area contributed by atoms with E-state index >= 15 is 0 Å². The lowest BCUT2D eigenvalue weighted by molar-refractivity contribution is 0.0183. The highest BCUT2D eigenvalue weighted by atomic mass is 32.1. The minimum atomic E-state index is -2.38. The molecule has 0 saturated carbocycles. The Morgan fingerprint density at radius 1 is 1.53 bits per heavy atom. The van der Waals surface area contributed by atoms with Crippen molar-refractivity contribution < 1.29 is 13.5 Å². The summed E-state index contributed by atoms with van der Waals surface area (Å²) in [4.78, 5) is 1.24. The zero-order chi connectivity index (χ0) is 11.1. The van der Waals surface area contributed by atoms with E-state index in [0.29, 0.717) is 13.2 Å². The Morgan fingerprint density at radius 2 is 2.33 bits per heavy atom. The van der Waals surface area contributed by atoms with Gasteiger partial charge in [0.05, 0.1) is 6.61 Å². The van der Waals surface area contributed by atoms with Crippen LogP contribution in [0.1, 0.15) is 17.8 Å². The van der Waals surface area contributed by atoms with Gasteiger partial charge < -0.3 is 10.1 Å². The fraction of sp³-hybridized carbons (Fsp3) is 0.600. The Hall–Kier alpha value is -0.520. The van der Waals surface area contributed by atoms with Gasteiger partial charge in [-0.2, -0.15) is 0 Å². The maximum Gasteiger partial charge on any atom is 0.261 e. The monoisotopic (exact) mass is 235 g/mol. The van der Waals surface area contributed by atoms with Crippen LogP contribution in [0.25, 0.3) is 0 Å². The predicted octanol–water partition coefficient (Wildman–Crippen LogP) is 2.68. The SMILES string of the molecule is CC(NCCOCC(F)F)c1cccs1. The van der Waals surface area contributed by atoms with Gasteiger partial charge in [-0.25, -0.2) is 8.78 Å². The van der Waals surface area contributed by atoms with Crippen molar-refractivity contribution in [3.8, 4) is 0 Å². The number of halogens is 2. The van der Waals surface area contributed by atoms with Crippen molar-refractivity contribution >= 4 is 11.3 Å². The largest absolute Gasteiger partial charge is 0.374 e. The zero-order valence-corrected chi connectivity index (χ0v) is 9.40. The summed E-state index contributed by atoms with van der Waals surface area (Å²) in [6, 6.07) is 4.29. The van der Waals surface area contributed by atoms with Crippen molar-refractivity contribution in [2.24, 2.45) is 0 Å².